The Bertz CT molecular complexity index is 487. The lowest BCUT2D eigenvalue weighted by molar-refractivity contribution is 0.415. The second kappa shape index (κ2) is 3.31. The van der Waals surface area contributed by atoms with Crippen molar-refractivity contribution in [1.82, 2.24) is 9.97 Å². The van der Waals surface area contributed by atoms with Crippen molar-refractivity contribution in [2.75, 3.05) is 7.11 Å². The lowest BCUT2D eigenvalue weighted by atomic mass is 10.3. The van der Waals surface area contributed by atoms with Gasteiger partial charge in [-0.25, -0.2) is 9.97 Å². The van der Waals surface area contributed by atoms with E-state index in [0.29, 0.717) is 21.8 Å². The van der Waals surface area contributed by atoms with Crippen molar-refractivity contribution in [2.24, 2.45) is 0 Å². The second-order valence-electron chi connectivity index (χ2n) is 2.70. The first-order valence-electron chi connectivity index (χ1n) is 3.90. The van der Waals surface area contributed by atoms with Crippen LogP contribution in [0.15, 0.2) is 18.3 Å². The van der Waals surface area contributed by atoms with Crippen molar-refractivity contribution < 1.29 is 9.84 Å². The molecule has 0 fully saturated rings. The fraction of sp³-hybridized carbons (Fsp3) is 0.111. The monoisotopic (exact) mass is 210 g/mol. The molecule has 72 valence electrons. The van der Waals surface area contributed by atoms with E-state index in [4.69, 9.17) is 21.4 Å². The van der Waals surface area contributed by atoms with Gasteiger partial charge in [0.25, 0.3) is 0 Å². The van der Waals surface area contributed by atoms with Crippen molar-refractivity contribution in [3.8, 4) is 11.6 Å². The van der Waals surface area contributed by atoms with Gasteiger partial charge in [-0.15, -0.1) is 0 Å². The number of rotatable bonds is 1. The molecule has 4 nitrogen and oxygen atoms in total. The van der Waals surface area contributed by atoms with E-state index in [9.17, 15) is 0 Å². The zero-order chi connectivity index (χ0) is 10.1. The first-order valence-corrected chi connectivity index (χ1v) is 4.28. The Morgan fingerprint density at radius 2 is 2.14 bits per heavy atom. The number of aromatic nitrogens is 2. The normalized spacial score (nSPS) is 10.4. The predicted octanol–water partition coefficient (Wildman–Crippen LogP) is 2.00. The number of ether oxygens (including phenoxy) is 1. The Morgan fingerprint density at radius 1 is 1.36 bits per heavy atom. The number of hydrogen-bond acceptors (Lipinski definition) is 4. The summed E-state index contributed by atoms with van der Waals surface area (Å²) in [5.41, 5.74) is 1.17. The molecule has 0 atom stereocenters. The molecule has 5 heteroatoms. The first-order chi connectivity index (χ1) is 6.70. The lowest BCUT2D eigenvalue weighted by Gasteiger charge is -2.03. The maximum absolute atomic E-state index is 9.10. The standard InChI is InChI=1S/C9H7ClN2O2/c1-14-8-3-6-7(2-5(8)10)12-9(13)4-11-6/h2-4H,1H3,(H,12,13). The van der Waals surface area contributed by atoms with Gasteiger partial charge in [-0.05, 0) is 6.07 Å². The molecular weight excluding hydrogens is 204 g/mol. The number of aromatic hydroxyl groups is 1. The van der Waals surface area contributed by atoms with E-state index in [1.54, 1.807) is 12.1 Å². The number of halogens is 1. The van der Waals surface area contributed by atoms with Crippen molar-refractivity contribution in [1.29, 1.82) is 0 Å². The van der Waals surface area contributed by atoms with E-state index < -0.39 is 0 Å². The predicted molar refractivity (Wildman–Crippen MR) is 52.8 cm³/mol. The van der Waals surface area contributed by atoms with E-state index in [1.807, 2.05) is 0 Å². The largest absolute Gasteiger partial charge is 0.495 e. The molecule has 0 unspecified atom stereocenters. The van der Waals surface area contributed by atoms with Gasteiger partial charge in [-0.3, -0.25) is 0 Å². The van der Waals surface area contributed by atoms with Crippen molar-refractivity contribution in [3.05, 3.63) is 23.4 Å². The molecule has 0 bridgehead atoms. The number of methoxy groups -OCH3 is 1. The summed E-state index contributed by atoms with van der Waals surface area (Å²) in [6.45, 7) is 0. The first kappa shape index (κ1) is 9.02. The van der Waals surface area contributed by atoms with Crippen LogP contribution in [0.1, 0.15) is 0 Å². The topological polar surface area (TPSA) is 55.2 Å². The van der Waals surface area contributed by atoms with Crippen LogP contribution in [0.4, 0.5) is 0 Å². The lowest BCUT2D eigenvalue weighted by Crippen LogP contribution is -1.88. The van der Waals surface area contributed by atoms with Crippen LogP contribution < -0.4 is 4.74 Å². The van der Waals surface area contributed by atoms with Gasteiger partial charge in [0.05, 0.1) is 29.4 Å². The van der Waals surface area contributed by atoms with Crippen LogP contribution in [-0.4, -0.2) is 22.2 Å². The summed E-state index contributed by atoms with van der Waals surface area (Å²) in [6, 6.07) is 3.27. The molecule has 0 radical (unpaired) electrons. The molecule has 0 saturated heterocycles. The van der Waals surface area contributed by atoms with E-state index in [0.717, 1.165) is 0 Å². The van der Waals surface area contributed by atoms with Gasteiger partial charge in [0.2, 0.25) is 5.88 Å². The van der Waals surface area contributed by atoms with Gasteiger partial charge >= 0.3 is 0 Å². The molecule has 0 saturated carbocycles. The molecule has 1 aromatic carbocycles. The Morgan fingerprint density at radius 3 is 2.86 bits per heavy atom. The summed E-state index contributed by atoms with van der Waals surface area (Å²) >= 11 is 5.88. The van der Waals surface area contributed by atoms with E-state index >= 15 is 0 Å². The highest BCUT2D eigenvalue weighted by Crippen LogP contribution is 2.28. The molecule has 14 heavy (non-hydrogen) atoms. The Labute approximate surface area is 85.1 Å². The van der Waals surface area contributed by atoms with Crippen LogP contribution in [0.5, 0.6) is 11.6 Å². The Balaban J connectivity index is 2.73. The van der Waals surface area contributed by atoms with Gasteiger partial charge < -0.3 is 9.84 Å². The zero-order valence-electron chi connectivity index (χ0n) is 7.36. The molecular formula is C9H7ClN2O2. The summed E-state index contributed by atoms with van der Waals surface area (Å²) in [6.07, 6.45) is 1.27. The highest BCUT2D eigenvalue weighted by molar-refractivity contribution is 6.32. The van der Waals surface area contributed by atoms with E-state index in [2.05, 4.69) is 9.97 Å². The molecule has 1 aromatic heterocycles. The van der Waals surface area contributed by atoms with E-state index in [-0.39, 0.29) is 5.88 Å². The molecule has 0 aliphatic carbocycles. The number of nitrogens with zero attached hydrogens (tertiary/aromatic N) is 2. The fourth-order valence-electron chi connectivity index (χ4n) is 1.16. The minimum absolute atomic E-state index is 0.126. The zero-order valence-corrected chi connectivity index (χ0v) is 8.12. The van der Waals surface area contributed by atoms with Crippen molar-refractivity contribution >= 4 is 22.6 Å². The molecule has 1 heterocycles. The maximum atomic E-state index is 9.10. The van der Waals surface area contributed by atoms with Gasteiger partial charge in [0, 0.05) is 6.07 Å². The van der Waals surface area contributed by atoms with Crippen LogP contribution in [0.25, 0.3) is 11.0 Å². The molecule has 0 aliphatic heterocycles. The average Bonchev–Trinajstić information content (AvgIpc) is 2.16. The second-order valence-corrected chi connectivity index (χ2v) is 3.11. The van der Waals surface area contributed by atoms with Crippen LogP contribution in [-0.2, 0) is 0 Å². The molecule has 0 spiro atoms. The summed E-state index contributed by atoms with van der Waals surface area (Å²) in [4.78, 5) is 7.84. The molecule has 1 N–H and O–H groups in total. The van der Waals surface area contributed by atoms with Gasteiger partial charge in [-0.2, -0.15) is 0 Å². The summed E-state index contributed by atoms with van der Waals surface area (Å²) < 4.78 is 5.02. The molecule has 2 aromatic rings. The van der Waals surface area contributed by atoms with E-state index in [1.165, 1.54) is 13.3 Å². The summed E-state index contributed by atoms with van der Waals surface area (Å²) in [7, 11) is 1.53. The minimum atomic E-state index is -0.126. The highest BCUT2D eigenvalue weighted by Gasteiger charge is 2.05. The Hall–Kier alpha value is -1.55. The Kier molecular flexibility index (Phi) is 2.13. The third-order valence-electron chi connectivity index (χ3n) is 1.80. The third-order valence-corrected chi connectivity index (χ3v) is 2.10. The number of benzene rings is 1. The highest BCUT2D eigenvalue weighted by atomic mass is 35.5. The SMILES string of the molecule is COc1cc2ncc(O)nc2cc1Cl. The summed E-state index contributed by atoms with van der Waals surface area (Å²) in [5.74, 6) is 0.415. The van der Waals surface area contributed by atoms with Gasteiger partial charge in [0.1, 0.15) is 5.75 Å². The quantitative estimate of drug-likeness (QED) is 0.782. The summed E-state index contributed by atoms with van der Waals surface area (Å²) in [5, 5.41) is 9.54. The van der Waals surface area contributed by atoms with Crippen molar-refractivity contribution in [2.45, 2.75) is 0 Å². The minimum Gasteiger partial charge on any atom is -0.495 e. The van der Waals surface area contributed by atoms with Gasteiger partial charge in [-0.1, -0.05) is 11.6 Å². The molecule has 2 rings (SSSR count). The smallest absolute Gasteiger partial charge is 0.230 e. The van der Waals surface area contributed by atoms with Crippen LogP contribution in [0, 0.1) is 0 Å². The third kappa shape index (κ3) is 1.44. The van der Waals surface area contributed by atoms with Crippen LogP contribution in [0.2, 0.25) is 5.02 Å². The molecule has 0 aliphatic rings. The number of fused-ring (bicyclic) bond motifs is 1. The van der Waals surface area contributed by atoms with Crippen LogP contribution in [0.3, 0.4) is 0 Å². The number of hydrogen-bond donors (Lipinski definition) is 1. The van der Waals surface area contributed by atoms with Crippen molar-refractivity contribution in [3.63, 3.8) is 0 Å². The fourth-order valence-corrected chi connectivity index (χ4v) is 1.40. The maximum Gasteiger partial charge on any atom is 0.230 e. The average molecular weight is 211 g/mol. The van der Waals surface area contributed by atoms with Crippen LogP contribution >= 0.6 is 11.6 Å². The van der Waals surface area contributed by atoms with Gasteiger partial charge in [0.15, 0.2) is 0 Å². The molecule has 0 amide bonds.